The fourth-order valence-electron chi connectivity index (χ4n) is 3.24. The Morgan fingerprint density at radius 1 is 1.04 bits per heavy atom. The zero-order valence-electron chi connectivity index (χ0n) is 15.7. The maximum atomic E-state index is 13.9. The van der Waals surface area contributed by atoms with Crippen molar-refractivity contribution in [1.82, 2.24) is 9.80 Å². The number of rotatable bonds is 5. The third-order valence-corrected chi connectivity index (χ3v) is 5.29. The maximum absolute atomic E-state index is 13.9. The average molecular weight is 427 g/mol. The Labute approximate surface area is 173 Å². The third-order valence-electron chi connectivity index (χ3n) is 4.73. The zero-order valence-corrected chi connectivity index (χ0v) is 17.2. The quantitative estimate of drug-likeness (QED) is 0.721. The number of ether oxygens (including phenoxy) is 2. The van der Waals surface area contributed by atoms with E-state index in [0.29, 0.717) is 54.1 Å². The summed E-state index contributed by atoms with van der Waals surface area (Å²) < 4.78 is 23.9. The van der Waals surface area contributed by atoms with E-state index in [1.54, 1.807) is 23.1 Å². The average Bonchev–Trinajstić information content (AvgIpc) is 2.68. The summed E-state index contributed by atoms with van der Waals surface area (Å²) in [5.74, 6) is 0.0936. The van der Waals surface area contributed by atoms with E-state index in [1.165, 1.54) is 20.3 Å². The highest BCUT2D eigenvalue weighted by Gasteiger charge is 2.24. The van der Waals surface area contributed by atoms with E-state index >= 15 is 0 Å². The van der Waals surface area contributed by atoms with Crippen LogP contribution in [-0.4, -0.2) is 56.1 Å². The first-order valence-corrected chi connectivity index (χ1v) is 9.55. The van der Waals surface area contributed by atoms with E-state index < -0.39 is 0 Å². The van der Waals surface area contributed by atoms with Gasteiger partial charge in [0.15, 0.2) is 17.3 Å². The van der Waals surface area contributed by atoms with Crippen LogP contribution in [0, 0.1) is 5.82 Å². The van der Waals surface area contributed by atoms with Crippen molar-refractivity contribution in [3.8, 4) is 11.5 Å². The lowest BCUT2D eigenvalue weighted by Gasteiger charge is -2.35. The van der Waals surface area contributed by atoms with Crippen LogP contribution in [0.15, 0.2) is 30.3 Å². The molecule has 0 aromatic heterocycles. The molecule has 8 heteroatoms. The van der Waals surface area contributed by atoms with Crippen LogP contribution in [0.1, 0.15) is 15.9 Å². The number of nitrogens with zero attached hydrogens (tertiary/aromatic N) is 2. The minimum absolute atomic E-state index is 0.124. The van der Waals surface area contributed by atoms with Crippen molar-refractivity contribution < 1.29 is 18.7 Å². The molecule has 3 rings (SSSR count). The first-order chi connectivity index (χ1) is 13.4. The normalized spacial score (nSPS) is 14.8. The van der Waals surface area contributed by atoms with Gasteiger partial charge in [0.05, 0.1) is 24.3 Å². The molecule has 1 saturated heterocycles. The third kappa shape index (κ3) is 4.51. The van der Waals surface area contributed by atoms with Crippen LogP contribution in [0.5, 0.6) is 11.5 Å². The Balaban J connectivity index is 1.60. The monoisotopic (exact) mass is 426 g/mol. The number of hydrogen-bond acceptors (Lipinski definition) is 4. The molecule has 28 heavy (non-hydrogen) atoms. The molecule has 0 spiro atoms. The van der Waals surface area contributed by atoms with Gasteiger partial charge in [0.1, 0.15) is 0 Å². The van der Waals surface area contributed by atoms with Crippen molar-refractivity contribution in [2.45, 2.75) is 6.54 Å². The lowest BCUT2D eigenvalue weighted by atomic mass is 10.1. The molecule has 0 aliphatic carbocycles. The molecule has 0 radical (unpaired) electrons. The Hall–Kier alpha value is -2.02. The van der Waals surface area contributed by atoms with E-state index in [9.17, 15) is 9.18 Å². The van der Waals surface area contributed by atoms with Crippen molar-refractivity contribution in [2.75, 3.05) is 40.4 Å². The standard InChI is InChI=1S/C20H21Cl2FN2O3/c1-27-18-4-3-13(9-17(18)23)12-24-5-7-25(8-6-24)20(26)14-10-15(21)19(28-2)16(22)11-14/h3-4,9-11H,5-8,12H2,1-2H3. The van der Waals surface area contributed by atoms with E-state index in [0.717, 1.165) is 5.56 Å². The summed E-state index contributed by atoms with van der Waals surface area (Å²) in [6, 6.07) is 8.10. The molecule has 0 bridgehead atoms. The second-order valence-electron chi connectivity index (χ2n) is 6.51. The van der Waals surface area contributed by atoms with Gasteiger partial charge >= 0.3 is 0 Å². The number of piperazine rings is 1. The Kier molecular flexibility index (Phi) is 6.65. The van der Waals surface area contributed by atoms with Gasteiger partial charge in [-0.1, -0.05) is 29.3 Å². The predicted molar refractivity (Wildman–Crippen MR) is 107 cm³/mol. The molecule has 1 aliphatic heterocycles. The molecular formula is C20H21Cl2FN2O3. The number of benzene rings is 2. The number of halogens is 3. The second-order valence-corrected chi connectivity index (χ2v) is 7.32. The molecule has 0 unspecified atom stereocenters. The number of carbonyl (C=O) groups is 1. The van der Waals surface area contributed by atoms with Gasteiger partial charge in [0.2, 0.25) is 0 Å². The van der Waals surface area contributed by atoms with Gasteiger partial charge in [-0.2, -0.15) is 0 Å². The highest BCUT2D eigenvalue weighted by Crippen LogP contribution is 2.34. The molecule has 150 valence electrons. The van der Waals surface area contributed by atoms with Crippen LogP contribution >= 0.6 is 23.2 Å². The van der Waals surface area contributed by atoms with Crippen LogP contribution in [0.2, 0.25) is 10.0 Å². The summed E-state index contributed by atoms with van der Waals surface area (Å²) in [4.78, 5) is 16.7. The van der Waals surface area contributed by atoms with Gasteiger partial charge in [0.25, 0.3) is 5.91 Å². The number of hydrogen-bond donors (Lipinski definition) is 0. The predicted octanol–water partition coefficient (Wildman–Crippen LogP) is 4.11. The largest absolute Gasteiger partial charge is 0.494 e. The zero-order chi connectivity index (χ0) is 20.3. The van der Waals surface area contributed by atoms with Gasteiger partial charge in [-0.3, -0.25) is 9.69 Å². The van der Waals surface area contributed by atoms with Gasteiger partial charge in [0, 0.05) is 38.3 Å². The molecule has 1 fully saturated rings. The van der Waals surface area contributed by atoms with Gasteiger partial charge in [-0.15, -0.1) is 0 Å². The molecule has 0 saturated carbocycles. The Morgan fingerprint density at radius 3 is 2.21 bits per heavy atom. The van der Waals surface area contributed by atoms with E-state index in [2.05, 4.69) is 4.90 Å². The molecular weight excluding hydrogens is 406 g/mol. The van der Waals surface area contributed by atoms with Crippen molar-refractivity contribution in [3.63, 3.8) is 0 Å². The summed E-state index contributed by atoms with van der Waals surface area (Å²) in [5, 5.41) is 0.608. The molecule has 1 amide bonds. The fraction of sp³-hybridized carbons (Fsp3) is 0.350. The SMILES string of the molecule is COc1ccc(CN2CCN(C(=O)c3cc(Cl)c(OC)c(Cl)c3)CC2)cc1F. The molecule has 5 nitrogen and oxygen atoms in total. The smallest absolute Gasteiger partial charge is 0.254 e. The Morgan fingerprint density at radius 2 is 1.68 bits per heavy atom. The first-order valence-electron chi connectivity index (χ1n) is 8.80. The van der Waals surface area contributed by atoms with Crippen LogP contribution < -0.4 is 9.47 Å². The number of methoxy groups -OCH3 is 2. The molecule has 0 N–H and O–H groups in total. The van der Waals surface area contributed by atoms with Gasteiger partial charge in [-0.25, -0.2) is 4.39 Å². The second kappa shape index (κ2) is 8.99. The van der Waals surface area contributed by atoms with Gasteiger partial charge < -0.3 is 14.4 Å². The minimum atomic E-state index is -0.373. The van der Waals surface area contributed by atoms with Crippen LogP contribution in [0.3, 0.4) is 0 Å². The lowest BCUT2D eigenvalue weighted by Crippen LogP contribution is -2.48. The highest BCUT2D eigenvalue weighted by molar-refractivity contribution is 6.37. The lowest BCUT2D eigenvalue weighted by molar-refractivity contribution is 0.0628. The van der Waals surface area contributed by atoms with E-state index in [4.69, 9.17) is 32.7 Å². The minimum Gasteiger partial charge on any atom is -0.494 e. The van der Waals surface area contributed by atoms with E-state index in [-0.39, 0.29) is 17.5 Å². The van der Waals surface area contributed by atoms with Crippen LogP contribution in [0.25, 0.3) is 0 Å². The van der Waals surface area contributed by atoms with Crippen molar-refractivity contribution in [2.24, 2.45) is 0 Å². The van der Waals surface area contributed by atoms with Crippen molar-refractivity contribution in [3.05, 3.63) is 57.3 Å². The van der Waals surface area contributed by atoms with Crippen molar-refractivity contribution in [1.29, 1.82) is 0 Å². The van der Waals surface area contributed by atoms with Crippen LogP contribution in [-0.2, 0) is 6.54 Å². The van der Waals surface area contributed by atoms with Crippen molar-refractivity contribution >= 4 is 29.1 Å². The summed E-state index contributed by atoms with van der Waals surface area (Å²) in [5.41, 5.74) is 1.30. The summed E-state index contributed by atoms with van der Waals surface area (Å²) in [7, 11) is 2.92. The molecule has 0 atom stereocenters. The maximum Gasteiger partial charge on any atom is 0.254 e. The molecule has 2 aromatic carbocycles. The number of carbonyl (C=O) groups excluding carboxylic acids is 1. The highest BCUT2D eigenvalue weighted by atomic mass is 35.5. The summed E-state index contributed by atoms with van der Waals surface area (Å²) in [6.07, 6.45) is 0. The molecule has 1 aliphatic rings. The van der Waals surface area contributed by atoms with Crippen LogP contribution in [0.4, 0.5) is 4.39 Å². The number of amides is 1. The molecule has 2 aromatic rings. The first kappa shape index (κ1) is 20.7. The van der Waals surface area contributed by atoms with E-state index in [1.807, 2.05) is 6.07 Å². The topological polar surface area (TPSA) is 42.0 Å². The fourth-order valence-corrected chi connectivity index (χ4v) is 3.88. The van der Waals surface area contributed by atoms with Gasteiger partial charge in [-0.05, 0) is 29.8 Å². The Bertz CT molecular complexity index is 848. The molecule has 1 heterocycles. The summed E-state index contributed by atoms with van der Waals surface area (Å²) in [6.45, 7) is 3.13. The summed E-state index contributed by atoms with van der Waals surface area (Å²) >= 11 is 12.3.